The molecule has 1 aliphatic rings. The van der Waals surface area contributed by atoms with Crippen LogP contribution < -0.4 is 10.1 Å². The van der Waals surface area contributed by atoms with Crippen LogP contribution in [0.2, 0.25) is 0 Å². The van der Waals surface area contributed by atoms with E-state index >= 15 is 0 Å². The summed E-state index contributed by atoms with van der Waals surface area (Å²) >= 11 is 0. The van der Waals surface area contributed by atoms with E-state index in [9.17, 15) is 0 Å². The first-order chi connectivity index (χ1) is 13.8. The highest BCUT2D eigenvalue weighted by atomic mass is 16.5. The third-order valence-corrected chi connectivity index (χ3v) is 4.87. The van der Waals surface area contributed by atoms with Crippen LogP contribution >= 0.6 is 0 Å². The second-order valence-electron chi connectivity index (χ2n) is 6.71. The summed E-state index contributed by atoms with van der Waals surface area (Å²) in [6.07, 6.45) is 3.71. The van der Waals surface area contributed by atoms with Gasteiger partial charge in [0.25, 0.3) is 0 Å². The van der Waals surface area contributed by atoms with E-state index in [1.54, 1.807) is 13.3 Å². The van der Waals surface area contributed by atoms with Crippen molar-refractivity contribution in [1.29, 1.82) is 0 Å². The van der Waals surface area contributed by atoms with E-state index in [-0.39, 0.29) is 0 Å². The Kier molecular flexibility index (Phi) is 4.17. The lowest BCUT2D eigenvalue weighted by Gasteiger charge is -2.13. The van der Waals surface area contributed by atoms with Crippen LogP contribution in [0.1, 0.15) is 11.5 Å². The predicted molar refractivity (Wildman–Crippen MR) is 103 cm³/mol. The molecule has 0 amide bonds. The second-order valence-corrected chi connectivity index (χ2v) is 6.71. The van der Waals surface area contributed by atoms with Crippen LogP contribution in [0.15, 0.2) is 53.3 Å². The lowest BCUT2D eigenvalue weighted by molar-refractivity contribution is 0.378. The summed E-state index contributed by atoms with van der Waals surface area (Å²) in [4.78, 5) is 4.50. The second kappa shape index (κ2) is 6.97. The number of hydrogen-bond donors (Lipinski definition) is 1. The Morgan fingerprint density at radius 2 is 2.18 bits per heavy atom. The molecule has 0 bridgehead atoms. The maximum Gasteiger partial charge on any atom is 0.160 e. The third kappa shape index (κ3) is 3.07. The summed E-state index contributed by atoms with van der Waals surface area (Å²) in [6, 6.07) is 11.8. The van der Waals surface area contributed by atoms with Gasteiger partial charge in [-0.2, -0.15) is 5.10 Å². The molecule has 28 heavy (non-hydrogen) atoms. The van der Waals surface area contributed by atoms with Crippen LogP contribution in [-0.4, -0.2) is 38.1 Å². The minimum Gasteiger partial charge on any atom is -0.497 e. The molecule has 142 valence electrons. The number of rotatable bonds is 5. The lowest BCUT2D eigenvalue weighted by atomic mass is 10.1. The van der Waals surface area contributed by atoms with E-state index in [0.29, 0.717) is 6.54 Å². The number of nitrogens with zero attached hydrogens (tertiary/aromatic N) is 5. The molecule has 5 rings (SSSR count). The molecule has 0 fully saturated rings. The highest BCUT2D eigenvalue weighted by Crippen LogP contribution is 2.25. The van der Waals surface area contributed by atoms with E-state index in [1.165, 1.54) is 5.69 Å². The predicted octanol–water partition coefficient (Wildman–Crippen LogP) is 2.56. The average Bonchev–Trinajstić information content (AvgIpc) is 3.47. The van der Waals surface area contributed by atoms with Gasteiger partial charge in [0.2, 0.25) is 0 Å². The fourth-order valence-electron chi connectivity index (χ4n) is 3.45. The van der Waals surface area contributed by atoms with Gasteiger partial charge >= 0.3 is 0 Å². The summed E-state index contributed by atoms with van der Waals surface area (Å²) in [7, 11) is 1.65. The van der Waals surface area contributed by atoms with Gasteiger partial charge in [-0.15, -0.1) is 0 Å². The first kappa shape index (κ1) is 16.8. The molecule has 1 aliphatic heterocycles. The van der Waals surface area contributed by atoms with Gasteiger partial charge < -0.3 is 19.1 Å². The van der Waals surface area contributed by atoms with Gasteiger partial charge in [-0.25, -0.2) is 4.98 Å². The van der Waals surface area contributed by atoms with Crippen molar-refractivity contribution in [3.8, 4) is 28.5 Å². The van der Waals surface area contributed by atoms with Gasteiger partial charge in [0.05, 0.1) is 25.9 Å². The highest BCUT2D eigenvalue weighted by Gasteiger charge is 2.17. The molecule has 0 aliphatic carbocycles. The molecule has 0 unspecified atom stereocenters. The van der Waals surface area contributed by atoms with E-state index in [0.717, 1.165) is 53.9 Å². The molecule has 3 aromatic heterocycles. The third-order valence-electron chi connectivity index (χ3n) is 4.87. The molecule has 4 aromatic rings. The maximum absolute atomic E-state index is 5.56. The Morgan fingerprint density at radius 3 is 3.07 bits per heavy atom. The number of benzene rings is 1. The van der Waals surface area contributed by atoms with Crippen molar-refractivity contribution in [1.82, 2.24) is 29.8 Å². The minimum absolute atomic E-state index is 0.534. The Bertz CT molecular complexity index is 1090. The Morgan fingerprint density at radius 1 is 1.21 bits per heavy atom. The number of nitrogens with one attached hydrogen (secondary N) is 1. The largest absolute Gasteiger partial charge is 0.497 e. The Balaban J connectivity index is 1.40. The summed E-state index contributed by atoms with van der Waals surface area (Å²) < 4.78 is 14.9. The highest BCUT2D eigenvalue weighted by molar-refractivity contribution is 5.61. The lowest BCUT2D eigenvalue weighted by Crippen LogP contribution is -2.28. The van der Waals surface area contributed by atoms with Crippen molar-refractivity contribution >= 4 is 0 Å². The minimum atomic E-state index is 0.534. The molecular weight excluding hydrogens is 356 g/mol. The number of hydrogen-bond acceptors (Lipinski definition) is 6. The van der Waals surface area contributed by atoms with Crippen molar-refractivity contribution in [2.75, 3.05) is 13.7 Å². The standard InChI is InChI=1S/C20H20N6O2/c1-27-16-4-2-3-14(9-16)18-11-17(28-24-18)13-25-7-6-22-20(25)19-10-15-12-21-5-8-26(15)23-19/h2-4,6-7,9-11,21H,5,8,12-13H2,1H3. The zero-order valence-electron chi connectivity index (χ0n) is 15.5. The fraction of sp³-hybridized carbons (Fsp3) is 0.250. The van der Waals surface area contributed by atoms with Crippen LogP contribution in [0.25, 0.3) is 22.8 Å². The molecule has 1 N–H and O–H groups in total. The normalized spacial score (nSPS) is 13.5. The van der Waals surface area contributed by atoms with Crippen LogP contribution in [0, 0.1) is 0 Å². The molecular formula is C20H20N6O2. The number of methoxy groups -OCH3 is 1. The summed E-state index contributed by atoms with van der Waals surface area (Å²) in [6.45, 7) is 3.18. The van der Waals surface area contributed by atoms with Gasteiger partial charge in [-0.1, -0.05) is 17.3 Å². The first-order valence-corrected chi connectivity index (χ1v) is 9.19. The molecule has 0 spiro atoms. The number of imidazole rings is 1. The van der Waals surface area contributed by atoms with Gasteiger partial charge in [0, 0.05) is 37.1 Å². The van der Waals surface area contributed by atoms with Crippen molar-refractivity contribution in [3.63, 3.8) is 0 Å². The van der Waals surface area contributed by atoms with Gasteiger partial charge in [-0.05, 0) is 18.2 Å². The number of ether oxygens (including phenoxy) is 1. The van der Waals surface area contributed by atoms with Crippen molar-refractivity contribution < 1.29 is 9.26 Å². The van der Waals surface area contributed by atoms with Gasteiger partial charge in [0.15, 0.2) is 11.6 Å². The topological polar surface area (TPSA) is 82.9 Å². The monoisotopic (exact) mass is 376 g/mol. The molecule has 0 saturated carbocycles. The fourth-order valence-corrected chi connectivity index (χ4v) is 3.45. The smallest absolute Gasteiger partial charge is 0.160 e. The molecule has 0 saturated heterocycles. The SMILES string of the molecule is COc1cccc(-c2cc(Cn3ccnc3-c3cc4n(n3)CCNC4)on2)c1. The van der Waals surface area contributed by atoms with E-state index in [4.69, 9.17) is 14.4 Å². The zero-order valence-corrected chi connectivity index (χ0v) is 15.5. The van der Waals surface area contributed by atoms with Crippen LogP contribution in [0.4, 0.5) is 0 Å². The van der Waals surface area contributed by atoms with Crippen LogP contribution in [0.3, 0.4) is 0 Å². The number of aromatic nitrogens is 5. The average molecular weight is 376 g/mol. The zero-order chi connectivity index (χ0) is 18.9. The van der Waals surface area contributed by atoms with Crippen LogP contribution in [0.5, 0.6) is 5.75 Å². The number of fused-ring (bicyclic) bond motifs is 1. The first-order valence-electron chi connectivity index (χ1n) is 9.19. The van der Waals surface area contributed by atoms with E-state index in [2.05, 4.69) is 21.5 Å². The van der Waals surface area contributed by atoms with Crippen molar-refractivity contribution in [2.45, 2.75) is 19.6 Å². The molecule has 8 nitrogen and oxygen atoms in total. The summed E-state index contributed by atoms with van der Waals surface area (Å²) in [5.74, 6) is 2.36. The summed E-state index contributed by atoms with van der Waals surface area (Å²) in [5.41, 5.74) is 3.78. The quantitative estimate of drug-likeness (QED) is 0.576. The molecule has 4 heterocycles. The summed E-state index contributed by atoms with van der Waals surface area (Å²) in [5, 5.41) is 12.3. The van der Waals surface area contributed by atoms with E-state index in [1.807, 2.05) is 45.8 Å². The van der Waals surface area contributed by atoms with Gasteiger partial charge in [-0.3, -0.25) is 4.68 Å². The molecule has 1 aromatic carbocycles. The van der Waals surface area contributed by atoms with Crippen molar-refractivity contribution in [3.05, 3.63) is 60.2 Å². The Labute approximate surface area is 161 Å². The molecule has 0 atom stereocenters. The molecule has 8 heteroatoms. The van der Waals surface area contributed by atoms with Crippen LogP contribution in [-0.2, 0) is 19.6 Å². The maximum atomic E-state index is 5.56. The van der Waals surface area contributed by atoms with E-state index < -0.39 is 0 Å². The van der Waals surface area contributed by atoms with Gasteiger partial charge in [0.1, 0.15) is 17.1 Å². The van der Waals surface area contributed by atoms with Crippen molar-refractivity contribution in [2.24, 2.45) is 0 Å². The molecule has 0 radical (unpaired) electrons. The Hall–Kier alpha value is -3.39.